The Morgan fingerprint density at radius 3 is 2.67 bits per heavy atom. The van der Waals surface area contributed by atoms with Gasteiger partial charge in [-0.25, -0.2) is 0 Å². The fraction of sp³-hybridized carbons (Fsp3) is 1.00. The summed E-state index contributed by atoms with van der Waals surface area (Å²) in [5.41, 5.74) is 0. The molecule has 15 heavy (non-hydrogen) atoms. The molecule has 1 saturated heterocycles. The van der Waals surface area contributed by atoms with Gasteiger partial charge in [0.1, 0.15) is 6.10 Å². The lowest BCUT2D eigenvalue weighted by Crippen LogP contribution is -2.24. The van der Waals surface area contributed by atoms with E-state index in [1.165, 1.54) is 19.3 Å². The van der Waals surface area contributed by atoms with Gasteiger partial charge in [-0.2, -0.15) is 0 Å². The SMILES string of the molecule is CCCCCCOCC1COC(C)(C)O1. The number of unbranched alkanes of at least 4 members (excludes halogenated alkanes) is 3. The highest BCUT2D eigenvalue weighted by atomic mass is 16.7. The molecule has 0 N–H and O–H groups in total. The van der Waals surface area contributed by atoms with Crippen molar-refractivity contribution in [3.05, 3.63) is 0 Å². The minimum absolute atomic E-state index is 0.117. The van der Waals surface area contributed by atoms with Gasteiger partial charge in [-0.3, -0.25) is 0 Å². The molecule has 1 atom stereocenters. The predicted octanol–water partition coefficient (Wildman–Crippen LogP) is 2.73. The van der Waals surface area contributed by atoms with Crippen LogP contribution in [0.25, 0.3) is 0 Å². The third-order valence-electron chi connectivity index (χ3n) is 2.51. The van der Waals surface area contributed by atoms with Crippen molar-refractivity contribution in [2.45, 2.75) is 58.3 Å². The zero-order valence-corrected chi connectivity index (χ0v) is 10.3. The van der Waals surface area contributed by atoms with Crippen molar-refractivity contribution in [3.63, 3.8) is 0 Å². The van der Waals surface area contributed by atoms with Gasteiger partial charge in [-0.1, -0.05) is 26.2 Å². The highest BCUT2D eigenvalue weighted by Crippen LogP contribution is 2.22. The lowest BCUT2D eigenvalue weighted by Gasteiger charge is -2.17. The summed E-state index contributed by atoms with van der Waals surface area (Å²) in [6.07, 6.45) is 5.12. The van der Waals surface area contributed by atoms with Gasteiger partial charge in [0.15, 0.2) is 5.79 Å². The second-order valence-corrected chi connectivity index (χ2v) is 4.59. The Hall–Kier alpha value is -0.120. The summed E-state index contributed by atoms with van der Waals surface area (Å²) in [4.78, 5) is 0. The smallest absolute Gasteiger partial charge is 0.163 e. The van der Waals surface area contributed by atoms with Crippen molar-refractivity contribution >= 4 is 0 Å². The van der Waals surface area contributed by atoms with Gasteiger partial charge in [0.25, 0.3) is 0 Å². The van der Waals surface area contributed by atoms with E-state index in [9.17, 15) is 0 Å². The number of ether oxygens (including phenoxy) is 3. The van der Waals surface area contributed by atoms with E-state index in [2.05, 4.69) is 6.92 Å². The molecule has 0 aliphatic carbocycles. The van der Waals surface area contributed by atoms with Gasteiger partial charge in [-0.15, -0.1) is 0 Å². The predicted molar refractivity (Wildman–Crippen MR) is 59.9 cm³/mol. The molecule has 0 aromatic carbocycles. The van der Waals surface area contributed by atoms with Crippen LogP contribution in [0.3, 0.4) is 0 Å². The number of rotatable bonds is 7. The molecule has 1 aliphatic rings. The van der Waals surface area contributed by atoms with Crippen LogP contribution in [0.15, 0.2) is 0 Å². The fourth-order valence-corrected chi connectivity index (χ4v) is 1.69. The first kappa shape index (κ1) is 12.9. The molecule has 0 aromatic heterocycles. The molecule has 90 valence electrons. The van der Waals surface area contributed by atoms with Crippen LogP contribution >= 0.6 is 0 Å². The van der Waals surface area contributed by atoms with Crippen LogP contribution in [0.4, 0.5) is 0 Å². The van der Waals surface area contributed by atoms with E-state index in [1.54, 1.807) is 0 Å². The maximum Gasteiger partial charge on any atom is 0.163 e. The Morgan fingerprint density at radius 1 is 1.27 bits per heavy atom. The first-order valence-corrected chi connectivity index (χ1v) is 6.03. The number of hydrogen-bond acceptors (Lipinski definition) is 3. The van der Waals surface area contributed by atoms with E-state index in [4.69, 9.17) is 14.2 Å². The van der Waals surface area contributed by atoms with E-state index in [-0.39, 0.29) is 6.10 Å². The van der Waals surface area contributed by atoms with Crippen LogP contribution in [-0.2, 0) is 14.2 Å². The maximum absolute atomic E-state index is 5.63. The standard InChI is InChI=1S/C12H24O3/c1-4-5-6-7-8-13-9-11-10-14-12(2,3)15-11/h11H,4-10H2,1-3H3. The molecular formula is C12H24O3. The lowest BCUT2D eigenvalue weighted by molar-refractivity contribution is -0.145. The van der Waals surface area contributed by atoms with E-state index < -0.39 is 5.79 Å². The van der Waals surface area contributed by atoms with Gasteiger partial charge < -0.3 is 14.2 Å². The van der Waals surface area contributed by atoms with Crippen LogP contribution in [0.2, 0.25) is 0 Å². The van der Waals surface area contributed by atoms with Crippen molar-refractivity contribution in [1.29, 1.82) is 0 Å². The van der Waals surface area contributed by atoms with Crippen molar-refractivity contribution in [3.8, 4) is 0 Å². The van der Waals surface area contributed by atoms with Crippen molar-refractivity contribution in [2.24, 2.45) is 0 Å². The molecular weight excluding hydrogens is 192 g/mol. The fourth-order valence-electron chi connectivity index (χ4n) is 1.69. The van der Waals surface area contributed by atoms with Crippen LogP contribution < -0.4 is 0 Å². The molecule has 3 heteroatoms. The zero-order chi connectivity index (χ0) is 11.1. The maximum atomic E-state index is 5.63. The van der Waals surface area contributed by atoms with Gasteiger partial charge in [0.05, 0.1) is 13.2 Å². The van der Waals surface area contributed by atoms with Gasteiger partial charge >= 0.3 is 0 Å². The molecule has 0 amide bonds. The quantitative estimate of drug-likeness (QED) is 0.612. The summed E-state index contributed by atoms with van der Waals surface area (Å²) in [7, 11) is 0. The minimum atomic E-state index is -0.420. The van der Waals surface area contributed by atoms with Crippen LogP contribution in [0.1, 0.15) is 46.5 Å². The summed E-state index contributed by atoms with van der Waals surface area (Å²) in [5, 5.41) is 0. The summed E-state index contributed by atoms with van der Waals surface area (Å²) in [6, 6.07) is 0. The lowest BCUT2D eigenvalue weighted by atomic mass is 10.2. The molecule has 1 aliphatic heterocycles. The molecule has 0 saturated carbocycles. The zero-order valence-electron chi connectivity index (χ0n) is 10.3. The highest BCUT2D eigenvalue weighted by Gasteiger charge is 2.32. The van der Waals surface area contributed by atoms with E-state index in [0.29, 0.717) is 13.2 Å². The highest BCUT2D eigenvalue weighted by molar-refractivity contribution is 4.70. The topological polar surface area (TPSA) is 27.7 Å². The molecule has 1 rings (SSSR count). The molecule has 1 fully saturated rings. The Kier molecular flexibility index (Phi) is 5.58. The summed E-state index contributed by atoms with van der Waals surface area (Å²) >= 11 is 0. The molecule has 1 heterocycles. The average Bonchev–Trinajstić information content (AvgIpc) is 2.52. The second kappa shape index (κ2) is 6.46. The van der Waals surface area contributed by atoms with Gasteiger partial charge in [0.2, 0.25) is 0 Å². The summed E-state index contributed by atoms with van der Waals surface area (Å²) in [5.74, 6) is -0.420. The third kappa shape index (κ3) is 5.50. The van der Waals surface area contributed by atoms with Crippen LogP contribution in [0, 0.1) is 0 Å². The van der Waals surface area contributed by atoms with Crippen molar-refractivity contribution in [1.82, 2.24) is 0 Å². The van der Waals surface area contributed by atoms with Crippen LogP contribution in [-0.4, -0.2) is 31.7 Å². The first-order chi connectivity index (χ1) is 7.14. The molecule has 0 spiro atoms. The normalized spacial score (nSPS) is 24.6. The van der Waals surface area contributed by atoms with E-state index in [0.717, 1.165) is 13.0 Å². The third-order valence-corrected chi connectivity index (χ3v) is 2.51. The molecule has 1 unspecified atom stereocenters. The molecule has 0 bridgehead atoms. The Bertz CT molecular complexity index is 168. The van der Waals surface area contributed by atoms with E-state index in [1.807, 2.05) is 13.8 Å². The van der Waals surface area contributed by atoms with E-state index >= 15 is 0 Å². The molecule has 0 radical (unpaired) electrons. The largest absolute Gasteiger partial charge is 0.379 e. The Balaban J connectivity index is 1.93. The minimum Gasteiger partial charge on any atom is -0.379 e. The molecule has 0 aromatic rings. The van der Waals surface area contributed by atoms with Gasteiger partial charge in [-0.05, 0) is 20.3 Å². The summed E-state index contributed by atoms with van der Waals surface area (Å²) < 4.78 is 16.6. The van der Waals surface area contributed by atoms with Crippen molar-refractivity contribution < 1.29 is 14.2 Å². The Morgan fingerprint density at radius 2 is 2.07 bits per heavy atom. The van der Waals surface area contributed by atoms with Crippen molar-refractivity contribution in [2.75, 3.05) is 19.8 Å². The average molecular weight is 216 g/mol. The Labute approximate surface area is 93.1 Å². The second-order valence-electron chi connectivity index (χ2n) is 4.59. The molecule has 3 nitrogen and oxygen atoms in total. The summed E-state index contributed by atoms with van der Waals surface area (Å²) in [6.45, 7) is 8.26. The van der Waals surface area contributed by atoms with Gasteiger partial charge in [0, 0.05) is 6.61 Å². The first-order valence-electron chi connectivity index (χ1n) is 6.03. The van der Waals surface area contributed by atoms with Crippen LogP contribution in [0.5, 0.6) is 0 Å². The number of hydrogen-bond donors (Lipinski definition) is 0. The monoisotopic (exact) mass is 216 g/mol.